The first-order valence-electron chi connectivity index (χ1n) is 13.2. The molecule has 0 spiro atoms. The molecule has 0 radical (unpaired) electrons. The number of amides is 3. The van der Waals surface area contributed by atoms with E-state index in [0.29, 0.717) is 32.5 Å². The lowest BCUT2D eigenvalue weighted by atomic mass is 9.99. The molecule has 0 bridgehead atoms. The zero-order chi connectivity index (χ0) is 26.7. The highest BCUT2D eigenvalue weighted by atomic mass is 16.5. The normalized spacial score (nSPS) is 21.8. The number of fused-ring (bicyclic) bond motifs is 1. The SMILES string of the molecule is CCC[C@@H]1NCCOc2ccccc2CCCNC(=O)[C@@H](Cc2ccccc2)NC(=O)C(C)(C)NC1=O. The minimum absolute atomic E-state index is 0.254. The minimum Gasteiger partial charge on any atom is -0.492 e. The summed E-state index contributed by atoms with van der Waals surface area (Å²) >= 11 is 0. The van der Waals surface area contributed by atoms with Crippen LogP contribution < -0.4 is 26.0 Å². The van der Waals surface area contributed by atoms with Crippen LogP contribution in [-0.2, 0) is 27.2 Å². The van der Waals surface area contributed by atoms with Crippen LogP contribution in [0.2, 0.25) is 0 Å². The summed E-state index contributed by atoms with van der Waals surface area (Å²) in [7, 11) is 0. The van der Waals surface area contributed by atoms with Crippen LogP contribution >= 0.6 is 0 Å². The van der Waals surface area contributed by atoms with Crippen LogP contribution in [0.15, 0.2) is 54.6 Å². The Balaban J connectivity index is 1.82. The molecule has 0 aromatic heterocycles. The van der Waals surface area contributed by atoms with Gasteiger partial charge in [0.15, 0.2) is 0 Å². The lowest BCUT2D eigenvalue weighted by Gasteiger charge is -2.30. The van der Waals surface area contributed by atoms with E-state index >= 15 is 0 Å². The number of benzene rings is 2. The van der Waals surface area contributed by atoms with Gasteiger partial charge in [-0.2, -0.15) is 0 Å². The number of aryl methyl sites for hydroxylation is 1. The van der Waals surface area contributed by atoms with Crippen molar-refractivity contribution in [1.82, 2.24) is 21.3 Å². The quantitative estimate of drug-likeness (QED) is 0.508. The summed E-state index contributed by atoms with van der Waals surface area (Å²) in [6.07, 6.45) is 3.25. The molecule has 0 fully saturated rings. The molecule has 200 valence electrons. The van der Waals surface area contributed by atoms with Crippen LogP contribution in [0.3, 0.4) is 0 Å². The average molecular weight is 509 g/mol. The number of rotatable bonds is 4. The van der Waals surface area contributed by atoms with Gasteiger partial charge in [-0.05, 0) is 50.3 Å². The molecule has 2 aromatic carbocycles. The lowest BCUT2D eigenvalue weighted by molar-refractivity contribution is -0.135. The molecule has 2 atom stereocenters. The van der Waals surface area contributed by atoms with Crippen molar-refractivity contribution in [3.63, 3.8) is 0 Å². The van der Waals surface area contributed by atoms with E-state index in [4.69, 9.17) is 4.74 Å². The standard InChI is InChI=1S/C29H40N4O4/c1-4-11-23-27(35)33-29(2,3)28(36)32-24(20-21-12-6-5-7-13-21)26(34)31-17-10-15-22-14-8-9-16-25(22)37-19-18-30-23/h5-9,12-14,16,23-24,30H,4,10-11,15,17-20H2,1-3H3,(H,31,34)(H,32,36)(H,33,35)/t23-,24+/m0/s1. The summed E-state index contributed by atoms with van der Waals surface area (Å²) in [5.41, 5.74) is 0.794. The Morgan fingerprint density at radius 2 is 1.65 bits per heavy atom. The predicted octanol–water partition coefficient (Wildman–Crippen LogP) is 2.51. The van der Waals surface area contributed by atoms with E-state index in [-0.39, 0.29) is 11.8 Å². The molecule has 3 rings (SSSR count). The summed E-state index contributed by atoms with van der Waals surface area (Å²) in [4.78, 5) is 39.6. The average Bonchev–Trinajstić information content (AvgIpc) is 2.88. The predicted molar refractivity (Wildman–Crippen MR) is 144 cm³/mol. The Labute approximate surface area is 219 Å². The largest absolute Gasteiger partial charge is 0.492 e. The number of hydrogen-bond donors (Lipinski definition) is 4. The van der Waals surface area contributed by atoms with Gasteiger partial charge in [-0.3, -0.25) is 14.4 Å². The number of carbonyl (C=O) groups is 3. The minimum atomic E-state index is -1.21. The topological polar surface area (TPSA) is 109 Å². The fourth-order valence-corrected chi connectivity index (χ4v) is 4.32. The maximum atomic E-state index is 13.3. The molecule has 0 saturated heterocycles. The van der Waals surface area contributed by atoms with Crippen molar-refractivity contribution >= 4 is 17.7 Å². The molecule has 4 N–H and O–H groups in total. The highest BCUT2D eigenvalue weighted by molar-refractivity contribution is 5.95. The third kappa shape index (κ3) is 8.60. The van der Waals surface area contributed by atoms with Gasteiger partial charge in [0.1, 0.15) is 23.9 Å². The van der Waals surface area contributed by atoms with E-state index < -0.39 is 23.5 Å². The number of ether oxygens (including phenoxy) is 1. The van der Waals surface area contributed by atoms with Crippen LogP contribution in [-0.4, -0.2) is 55.0 Å². The van der Waals surface area contributed by atoms with Crippen LogP contribution in [0.25, 0.3) is 0 Å². The number of carbonyl (C=O) groups excluding carboxylic acids is 3. The molecule has 0 unspecified atom stereocenters. The zero-order valence-corrected chi connectivity index (χ0v) is 22.1. The molecule has 1 aliphatic heterocycles. The molecular weight excluding hydrogens is 468 g/mol. The summed E-state index contributed by atoms with van der Waals surface area (Å²) in [6.45, 7) is 6.69. The maximum absolute atomic E-state index is 13.3. The molecule has 1 heterocycles. The van der Waals surface area contributed by atoms with Gasteiger partial charge in [0.2, 0.25) is 17.7 Å². The first kappa shape index (κ1) is 28.2. The molecule has 8 nitrogen and oxygen atoms in total. The van der Waals surface area contributed by atoms with Crippen molar-refractivity contribution in [1.29, 1.82) is 0 Å². The molecule has 2 aromatic rings. The lowest BCUT2D eigenvalue weighted by Crippen LogP contribution is -2.61. The monoisotopic (exact) mass is 508 g/mol. The number of nitrogens with one attached hydrogen (secondary N) is 4. The molecule has 0 aliphatic carbocycles. The van der Waals surface area contributed by atoms with E-state index in [1.165, 1.54) is 0 Å². The second-order valence-electron chi connectivity index (χ2n) is 9.98. The first-order valence-corrected chi connectivity index (χ1v) is 13.2. The van der Waals surface area contributed by atoms with Crippen LogP contribution in [0.5, 0.6) is 5.75 Å². The van der Waals surface area contributed by atoms with E-state index in [1.54, 1.807) is 13.8 Å². The van der Waals surface area contributed by atoms with Crippen molar-refractivity contribution in [2.75, 3.05) is 19.7 Å². The molecule has 37 heavy (non-hydrogen) atoms. The van der Waals surface area contributed by atoms with E-state index in [0.717, 1.165) is 36.1 Å². The van der Waals surface area contributed by atoms with Gasteiger partial charge in [0, 0.05) is 19.5 Å². The van der Waals surface area contributed by atoms with Crippen LogP contribution in [0.4, 0.5) is 0 Å². The van der Waals surface area contributed by atoms with Gasteiger partial charge in [0.25, 0.3) is 0 Å². The van der Waals surface area contributed by atoms with E-state index in [9.17, 15) is 14.4 Å². The Morgan fingerprint density at radius 1 is 0.919 bits per heavy atom. The third-order valence-electron chi connectivity index (χ3n) is 6.45. The Hall–Kier alpha value is -3.39. The molecule has 3 amide bonds. The van der Waals surface area contributed by atoms with Crippen molar-refractivity contribution in [2.24, 2.45) is 0 Å². The van der Waals surface area contributed by atoms with Crippen molar-refractivity contribution in [3.05, 3.63) is 65.7 Å². The number of para-hydroxylation sites is 1. The summed E-state index contributed by atoms with van der Waals surface area (Å²) in [5, 5.41) is 12.0. The van der Waals surface area contributed by atoms with Crippen molar-refractivity contribution in [3.8, 4) is 5.75 Å². The summed E-state index contributed by atoms with van der Waals surface area (Å²) in [5.74, 6) is -0.114. The van der Waals surface area contributed by atoms with Gasteiger partial charge in [-0.25, -0.2) is 0 Å². The van der Waals surface area contributed by atoms with Crippen molar-refractivity contribution < 1.29 is 19.1 Å². The Bertz CT molecular complexity index is 1040. The van der Waals surface area contributed by atoms with Gasteiger partial charge in [0.05, 0.1) is 6.04 Å². The van der Waals surface area contributed by atoms with Gasteiger partial charge in [-0.15, -0.1) is 0 Å². The van der Waals surface area contributed by atoms with Crippen LogP contribution in [0.1, 0.15) is 51.2 Å². The van der Waals surface area contributed by atoms with Gasteiger partial charge < -0.3 is 26.0 Å². The second-order valence-corrected chi connectivity index (χ2v) is 9.98. The Morgan fingerprint density at radius 3 is 2.41 bits per heavy atom. The Kier molecular flexibility index (Phi) is 10.5. The zero-order valence-electron chi connectivity index (χ0n) is 22.1. The van der Waals surface area contributed by atoms with Gasteiger partial charge in [-0.1, -0.05) is 61.9 Å². The molecule has 8 heteroatoms. The highest BCUT2D eigenvalue weighted by Gasteiger charge is 2.34. The first-order chi connectivity index (χ1) is 17.8. The fraction of sp³-hybridized carbons (Fsp3) is 0.483. The van der Waals surface area contributed by atoms with Crippen LogP contribution in [0, 0.1) is 0 Å². The third-order valence-corrected chi connectivity index (χ3v) is 6.45. The van der Waals surface area contributed by atoms with E-state index in [1.807, 2.05) is 61.5 Å². The smallest absolute Gasteiger partial charge is 0.245 e. The second kappa shape index (κ2) is 13.8. The molecular formula is C29H40N4O4. The fourth-order valence-electron chi connectivity index (χ4n) is 4.32. The highest BCUT2D eigenvalue weighted by Crippen LogP contribution is 2.19. The summed E-state index contributed by atoms with van der Waals surface area (Å²) < 4.78 is 6.01. The summed E-state index contributed by atoms with van der Waals surface area (Å²) in [6, 6.07) is 16.2. The van der Waals surface area contributed by atoms with Gasteiger partial charge >= 0.3 is 0 Å². The van der Waals surface area contributed by atoms with E-state index in [2.05, 4.69) is 21.3 Å². The molecule has 0 saturated carbocycles. The number of hydrogen-bond acceptors (Lipinski definition) is 5. The maximum Gasteiger partial charge on any atom is 0.245 e. The molecule has 1 aliphatic rings. The van der Waals surface area contributed by atoms with Crippen molar-refractivity contribution in [2.45, 2.75) is 70.5 Å².